The third-order valence-corrected chi connectivity index (χ3v) is 10.0. The van der Waals surface area contributed by atoms with Crippen molar-refractivity contribution in [2.75, 3.05) is 20.4 Å². The second-order valence-electron chi connectivity index (χ2n) is 9.79. The van der Waals surface area contributed by atoms with Crippen LogP contribution in [0.1, 0.15) is 47.3 Å². The highest BCUT2D eigenvalue weighted by molar-refractivity contribution is 7.90. The Morgan fingerprint density at radius 1 is 1.00 bits per heavy atom. The summed E-state index contributed by atoms with van der Waals surface area (Å²) in [5.74, 6) is 0.658. The Kier molecular flexibility index (Phi) is 9.90. The van der Waals surface area contributed by atoms with Crippen LogP contribution in [0.3, 0.4) is 0 Å². The number of nitrogens with two attached hydrogens (primary N) is 1. The monoisotopic (exact) mass is 598 g/mol. The van der Waals surface area contributed by atoms with Gasteiger partial charge in [-0.2, -0.15) is 0 Å². The fraction of sp³-hybridized carbons (Fsp3) is 0.323. The first-order valence-electron chi connectivity index (χ1n) is 13.3. The number of hydrogen-bond donors (Lipinski definition) is 1. The van der Waals surface area contributed by atoms with Crippen molar-refractivity contribution in [2.45, 2.75) is 49.6 Å². The molecule has 1 heterocycles. The molecule has 1 saturated carbocycles. The number of nitrogens with zero attached hydrogens (tertiary/aromatic N) is 1. The molecule has 212 valence electrons. The molecular weight excluding hydrogens is 564 g/mol. The van der Waals surface area contributed by atoms with Crippen LogP contribution in [0.2, 0.25) is 5.02 Å². The fourth-order valence-corrected chi connectivity index (χ4v) is 7.30. The minimum absolute atomic E-state index is 0.0481. The van der Waals surface area contributed by atoms with Gasteiger partial charge in [0.15, 0.2) is 9.84 Å². The van der Waals surface area contributed by atoms with Gasteiger partial charge in [-0.3, -0.25) is 4.79 Å². The van der Waals surface area contributed by atoms with Crippen molar-refractivity contribution in [3.8, 4) is 16.9 Å². The van der Waals surface area contributed by atoms with Crippen molar-refractivity contribution in [3.63, 3.8) is 0 Å². The minimum atomic E-state index is -3.27. The average Bonchev–Trinajstić information content (AvgIpc) is 3.33. The molecule has 5 rings (SSSR count). The van der Waals surface area contributed by atoms with Gasteiger partial charge < -0.3 is 15.4 Å². The van der Waals surface area contributed by atoms with E-state index in [4.69, 9.17) is 16.3 Å². The van der Waals surface area contributed by atoms with E-state index in [1.807, 2.05) is 59.5 Å². The molecule has 1 aliphatic carbocycles. The number of benzene rings is 3. The van der Waals surface area contributed by atoms with E-state index in [1.54, 1.807) is 19.2 Å². The Bertz CT molecular complexity index is 1580. The molecular formula is C31H35ClN2O4S2. The summed E-state index contributed by atoms with van der Waals surface area (Å²) >= 11 is 8.19. The molecule has 40 heavy (non-hydrogen) atoms. The maximum absolute atomic E-state index is 14.1. The predicted octanol–water partition coefficient (Wildman–Crippen LogP) is 7.18. The van der Waals surface area contributed by atoms with Crippen LogP contribution in [0.25, 0.3) is 21.2 Å². The van der Waals surface area contributed by atoms with E-state index in [2.05, 4.69) is 5.73 Å². The van der Waals surface area contributed by atoms with Crippen molar-refractivity contribution in [2.24, 2.45) is 5.73 Å². The number of thiophene rings is 1. The Hall–Kier alpha value is -2.91. The van der Waals surface area contributed by atoms with Crippen LogP contribution < -0.4 is 10.5 Å². The van der Waals surface area contributed by atoms with E-state index in [1.165, 1.54) is 31.1 Å². The van der Waals surface area contributed by atoms with Gasteiger partial charge in [-0.1, -0.05) is 67.3 Å². The largest absolute Gasteiger partial charge is 0.496 e. The van der Waals surface area contributed by atoms with E-state index in [9.17, 15) is 13.2 Å². The first kappa shape index (κ1) is 30.1. The SMILES string of the molecule is CN.COc1ccc(-c2ccc(S(C)(=O)=O)cc2)cc1CN(C(=O)c1sc2ccccc2c1Cl)C1CCCCC1. The number of carbonyl (C=O) groups is 1. The predicted molar refractivity (Wildman–Crippen MR) is 165 cm³/mol. The Balaban J connectivity index is 0.00000181. The molecule has 3 aromatic carbocycles. The van der Waals surface area contributed by atoms with Crippen molar-refractivity contribution in [3.05, 3.63) is 82.2 Å². The maximum atomic E-state index is 14.1. The number of sulfone groups is 1. The zero-order valence-electron chi connectivity index (χ0n) is 23.0. The van der Waals surface area contributed by atoms with Crippen LogP contribution in [-0.2, 0) is 16.4 Å². The fourth-order valence-electron chi connectivity index (χ4n) is 5.20. The molecule has 0 spiro atoms. The zero-order valence-corrected chi connectivity index (χ0v) is 25.4. The molecule has 0 radical (unpaired) electrons. The van der Waals surface area contributed by atoms with Gasteiger partial charge in [-0.05, 0) is 61.3 Å². The van der Waals surface area contributed by atoms with Gasteiger partial charge in [0.25, 0.3) is 5.91 Å². The van der Waals surface area contributed by atoms with Gasteiger partial charge in [-0.25, -0.2) is 8.42 Å². The van der Waals surface area contributed by atoms with Crippen molar-refractivity contribution < 1.29 is 17.9 Å². The quantitative estimate of drug-likeness (QED) is 0.243. The molecule has 0 bridgehead atoms. The summed E-state index contributed by atoms with van der Waals surface area (Å²) in [6, 6.07) is 20.7. The van der Waals surface area contributed by atoms with E-state index in [-0.39, 0.29) is 16.8 Å². The minimum Gasteiger partial charge on any atom is -0.496 e. The average molecular weight is 599 g/mol. The summed E-state index contributed by atoms with van der Waals surface area (Å²) in [5, 5.41) is 1.42. The zero-order chi connectivity index (χ0) is 28.9. The number of fused-ring (bicyclic) bond motifs is 1. The summed E-state index contributed by atoms with van der Waals surface area (Å²) < 4.78 is 30.5. The molecule has 1 aromatic heterocycles. The number of carbonyl (C=O) groups excluding carboxylic acids is 1. The molecule has 1 fully saturated rings. The van der Waals surface area contributed by atoms with Crippen molar-refractivity contribution in [1.82, 2.24) is 4.90 Å². The third kappa shape index (κ3) is 6.52. The molecule has 2 N–H and O–H groups in total. The van der Waals surface area contributed by atoms with Gasteiger partial charge in [0, 0.05) is 34.5 Å². The highest BCUT2D eigenvalue weighted by atomic mass is 35.5. The van der Waals surface area contributed by atoms with E-state index in [0.29, 0.717) is 22.2 Å². The lowest BCUT2D eigenvalue weighted by atomic mass is 9.93. The number of amides is 1. The summed E-state index contributed by atoms with van der Waals surface area (Å²) in [7, 11) is -0.138. The summed E-state index contributed by atoms with van der Waals surface area (Å²) in [6.45, 7) is 0.395. The van der Waals surface area contributed by atoms with Crippen LogP contribution in [0.5, 0.6) is 5.75 Å². The molecule has 0 atom stereocenters. The van der Waals surface area contributed by atoms with Crippen LogP contribution in [0.15, 0.2) is 71.6 Å². The molecule has 0 aliphatic heterocycles. The van der Waals surface area contributed by atoms with E-state index < -0.39 is 9.84 Å². The second-order valence-corrected chi connectivity index (χ2v) is 13.2. The first-order valence-corrected chi connectivity index (χ1v) is 16.4. The van der Waals surface area contributed by atoms with Crippen molar-refractivity contribution in [1.29, 1.82) is 0 Å². The number of rotatable bonds is 7. The molecule has 4 aromatic rings. The number of methoxy groups -OCH3 is 1. The summed E-state index contributed by atoms with van der Waals surface area (Å²) in [4.78, 5) is 16.9. The van der Waals surface area contributed by atoms with Gasteiger partial charge in [0.1, 0.15) is 10.6 Å². The van der Waals surface area contributed by atoms with Crippen LogP contribution in [-0.4, -0.2) is 45.7 Å². The van der Waals surface area contributed by atoms with Crippen LogP contribution >= 0.6 is 22.9 Å². The van der Waals surface area contributed by atoms with Gasteiger partial charge >= 0.3 is 0 Å². The molecule has 1 amide bonds. The summed E-state index contributed by atoms with van der Waals surface area (Å²) in [5.41, 5.74) is 7.22. The standard InChI is InChI=1S/C30H30ClNO4S2.CH5N/c1-36-26-17-14-21(20-12-15-24(16-13-20)38(2,34)35)18-22(26)19-32(23-8-4-3-5-9-23)30(33)29-28(31)25-10-6-7-11-27(25)37-29;1-2/h6-7,10-18,23H,3-5,8-9,19H2,1-2H3;2H2,1H3. The lowest BCUT2D eigenvalue weighted by Gasteiger charge is -2.34. The van der Waals surface area contributed by atoms with E-state index >= 15 is 0 Å². The topological polar surface area (TPSA) is 89.7 Å². The number of halogens is 1. The van der Waals surface area contributed by atoms with Crippen molar-refractivity contribution >= 4 is 48.8 Å². The lowest BCUT2D eigenvalue weighted by Crippen LogP contribution is -2.40. The van der Waals surface area contributed by atoms with Gasteiger partial charge in [0.05, 0.1) is 17.0 Å². The Morgan fingerprint density at radius 3 is 2.27 bits per heavy atom. The number of ether oxygens (including phenoxy) is 1. The maximum Gasteiger partial charge on any atom is 0.266 e. The van der Waals surface area contributed by atoms with Crippen LogP contribution in [0.4, 0.5) is 0 Å². The summed E-state index contributed by atoms with van der Waals surface area (Å²) in [6.07, 6.45) is 6.50. The Labute approximate surface area is 245 Å². The lowest BCUT2D eigenvalue weighted by molar-refractivity contribution is 0.0618. The number of hydrogen-bond acceptors (Lipinski definition) is 6. The van der Waals surface area contributed by atoms with Crippen LogP contribution in [0, 0.1) is 0 Å². The van der Waals surface area contributed by atoms with Gasteiger partial charge in [0.2, 0.25) is 0 Å². The Morgan fingerprint density at radius 2 is 1.65 bits per heavy atom. The second kappa shape index (κ2) is 13.2. The smallest absolute Gasteiger partial charge is 0.266 e. The molecule has 9 heteroatoms. The third-order valence-electron chi connectivity index (χ3n) is 7.24. The highest BCUT2D eigenvalue weighted by Gasteiger charge is 2.30. The molecule has 0 unspecified atom stereocenters. The molecule has 1 aliphatic rings. The van der Waals surface area contributed by atoms with Gasteiger partial charge in [-0.15, -0.1) is 11.3 Å². The normalized spacial score (nSPS) is 13.9. The first-order chi connectivity index (χ1) is 19.3. The molecule has 6 nitrogen and oxygen atoms in total. The molecule has 0 saturated heterocycles. The highest BCUT2D eigenvalue weighted by Crippen LogP contribution is 2.38. The van der Waals surface area contributed by atoms with E-state index in [0.717, 1.165) is 52.5 Å².